The predicted molar refractivity (Wildman–Crippen MR) is 79.6 cm³/mol. The summed E-state index contributed by atoms with van der Waals surface area (Å²) in [5, 5.41) is 9.06. The predicted octanol–water partition coefficient (Wildman–Crippen LogP) is 0.998. The number of likely N-dealkylation sites (N-methyl/N-ethyl adjacent to an activating group) is 1. The molecule has 0 atom stereocenters. The number of hydrogen-bond acceptors (Lipinski definition) is 4. The van der Waals surface area contributed by atoms with Crippen molar-refractivity contribution >= 4 is 23.5 Å². The molecule has 0 aromatic heterocycles. The van der Waals surface area contributed by atoms with E-state index in [1.807, 2.05) is 24.3 Å². The van der Waals surface area contributed by atoms with Crippen LogP contribution in [0.3, 0.4) is 0 Å². The number of rotatable bonds is 4. The largest absolute Gasteiger partial charge is 0.481 e. The zero-order chi connectivity index (χ0) is 15.9. The van der Waals surface area contributed by atoms with E-state index in [0.29, 0.717) is 0 Å². The van der Waals surface area contributed by atoms with Crippen LogP contribution in [0.25, 0.3) is 0 Å². The Labute approximate surface area is 128 Å². The highest BCUT2D eigenvalue weighted by Crippen LogP contribution is 2.51. The lowest BCUT2D eigenvalue weighted by Gasteiger charge is -2.32. The third-order valence-electron chi connectivity index (χ3n) is 4.57. The topological polar surface area (TPSA) is 77.9 Å². The summed E-state index contributed by atoms with van der Waals surface area (Å²) in [5.74, 6) is -1.26. The van der Waals surface area contributed by atoms with Gasteiger partial charge in [0.1, 0.15) is 0 Å². The van der Waals surface area contributed by atoms with Crippen LogP contribution in [0, 0.1) is 0 Å². The number of carboxylic acids is 1. The summed E-state index contributed by atoms with van der Waals surface area (Å²) in [6.07, 6.45) is 1.85. The molecule has 1 saturated heterocycles. The van der Waals surface area contributed by atoms with Gasteiger partial charge >= 0.3 is 5.97 Å². The smallest absolute Gasteiger partial charge is 0.304 e. The van der Waals surface area contributed by atoms with E-state index >= 15 is 0 Å². The van der Waals surface area contributed by atoms with E-state index in [1.165, 1.54) is 7.05 Å². The molecule has 1 saturated carbocycles. The monoisotopic (exact) mass is 302 g/mol. The summed E-state index contributed by atoms with van der Waals surface area (Å²) in [4.78, 5) is 37.5. The molecule has 3 rings (SSSR count). The minimum atomic E-state index is -0.798. The van der Waals surface area contributed by atoms with Gasteiger partial charge < -0.3 is 10.0 Å². The first-order valence-corrected chi connectivity index (χ1v) is 7.28. The number of imide groups is 1. The van der Waals surface area contributed by atoms with Crippen molar-refractivity contribution < 1.29 is 19.5 Å². The fourth-order valence-corrected chi connectivity index (χ4v) is 2.96. The molecular formula is C16H18N2O4. The molecule has 0 bridgehead atoms. The minimum absolute atomic E-state index is 0.122. The van der Waals surface area contributed by atoms with Crippen LogP contribution >= 0.6 is 0 Å². The fourth-order valence-electron chi connectivity index (χ4n) is 2.96. The normalized spacial score (nSPS) is 20.2. The van der Waals surface area contributed by atoms with E-state index in [0.717, 1.165) is 29.0 Å². The van der Waals surface area contributed by atoms with Crippen LogP contribution in [-0.4, -0.2) is 47.9 Å². The van der Waals surface area contributed by atoms with E-state index in [4.69, 9.17) is 5.11 Å². The number of anilines is 1. The first-order valence-electron chi connectivity index (χ1n) is 7.28. The third kappa shape index (κ3) is 2.56. The van der Waals surface area contributed by atoms with E-state index in [1.54, 1.807) is 4.90 Å². The third-order valence-corrected chi connectivity index (χ3v) is 4.57. The number of nitrogens with zero attached hydrogens (tertiary/aromatic N) is 2. The van der Waals surface area contributed by atoms with Crippen molar-refractivity contribution in [2.24, 2.45) is 0 Å². The Morgan fingerprint density at radius 2 is 1.86 bits per heavy atom. The molecule has 1 N–H and O–H groups in total. The van der Waals surface area contributed by atoms with Crippen molar-refractivity contribution in [1.29, 1.82) is 0 Å². The highest BCUT2D eigenvalue weighted by atomic mass is 16.4. The number of hydrogen-bond donors (Lipinski definition) is 1. The number of carboxylic acid groups (broad SMARTS) is 1. The molecule has 1 heterocycles. The van der Waals surface area contributed by atoms with Crippen molar-refractivity contribution in [2.45, 2.75) is 24.7 Å². The van der Waals surface area contributed by atoms with Crippen molar-refractivity contribution in [3.8, 4) is 0 Å². The maximum absolute atomic E-state index is 11.8. The maximum atomic E-state index is 11.8. The fraction of sp³-hybridized carbons (Fsp3) is 0.438. The molecule has 0 radical (unpaired) electrons. The summed E-state index contributed by atoms with van der Waals surface area (Å²) < 4.78 is 0. The van der Waals surface area contributed by atoms with Gasteiger partial charge in [-0.15, -0.1) is 0 Å². The molecule has 116 valence electrons. The number of carbonyl (C=O) groups excluding carboxylic acids is 2. The molecule has 2 aliphatic rings. The standard InChI is InChI=1S/C16H18N2O4/c1-17-13(19)9-18(10-14(17)20)12-4-2-3-11(7-12)16(5-6-16)8-15(21)22/h2-4,7H,5-6,8-10H2,1H3,(H,21,22). The number of amides is 2. The Morgan fingerprint density at radius 1 is 1.23 bits per heavy atom. The number of benzene rings is 1. The quantitative estimate of drug-likeness (QED) is 0.840. The van der Waals surface area contributed by atoms with Crippen molar-refractivity contribution in [2.75, 3.05) is 25.0 Å². The number of carbonyl (C=O) groups is 3. The molecular weight excluding hydrogens is 284 g/mol. The van der Waals surface area contributed by atoms with Crippen LogP contribution in [-0.2, 0) is 19.8 Å². The average Bonchev–Trinajstić information content (AvgIpc) is 3.24. The van der Waals surface area contributed by atoms with Gasteiger partial charge in [0.25, 0.3) is 0 Å². The molecule has 6 nitrogen and oxygen atoms in total. The zero-order valence-electron chi connectivity index (χ0n) is 12.4. The van der Waals surface area contributed by atoms with Crippen LogP contribution in [0.5, 0.6) is 0 Å². The SMILES string of the molecule is CN1C(=O)CN(c2cccc(C3(CC(=O)O)CC3)c2)CC1=O. The van der Waals surface area contributed by atoms with Gasteiger partial charge in [-0.2, -0.15) is 0 Å². The minimum Gasteiger partial charge on any atom is -0.481 e. The Balaban J connectivity index is 1.84. The second-order valence-electron chi connectivity index (χ2n) is 6.10. The molecule has 2 fully saturated rings. The second-order valence-corrected chi connectivity index (χ2v) is 6.10. The Hall–Kier alpha value is -2.37. The average molecular weight is 302 g/mol. The lowest BCUT2D eigenvalue weighted by Crippen LogP contribution is -2.52. The summed E-state index contributed by atoms with van der Waals surface area (Å²) in [6, 6.07) is 7.56. The summed E-state index contributed by atoms with van der Waals surface area (Å²) in [7, 11) is 1.49. The molecule has 1 aliphatic carbocycles. The Morgan fingerprint density at radius 3 is 2.41 bits per heavy atom. The van der Waals surface area contributed by atoms with Crippen molar-refractivity contribution in [3.05, 3.63) is 29.8 Å². The van der Waals surface area contributed by atoms with Gasteiger partial charge in [0.2, 0.25) is 11.8 Å². The maximum Gasteiger partial charge on any atom is 0.304 e. The highest BCUT2D eigenvalue weighted by molar-refractivity contribution is 6.02. The van der Waals surface area contributed by atoms with E-state index in [2.05, 4.69) is 0 Å². The van der Waals surface area contributed by atoms with Crippen LogP contribution in [0.15, 0.2) is 24.3 Å². The number of aliphatic carboxylic acids is 1. The molecule has 1 aromatic rings. The molecule has 22 heavy (non-hydrogen) atoms. The summed E-state index contributed by atoms with van der Waals surface area (Å²) in [6.45, 7) is 0.329. The van der Waals surface area contributed by atoms with E-state index in [-0.39, 0.29) is 36.7 Å². The van der Waals surface area contributed by atoms with E-state index < -0.39 is 5.97 Å². The van der Waals surface area contributed by atoms with Gasteiger partial charge in [-0.05, 0) is 30.5 Å². The van der Waals surface area contributed by atoms with Gasteiger partial charge in [-0.1, -0.05) is 12.1 Å². The summed E-state index contributed by atoms with van der Waals surface area (Å²) >= 11 is 0. The lowest BCUT2D eigenvalue weighted by molar-refractivity contribution is -0.143. The zero-order valence-corrected chi connectivity index (χ0v) is 12.4. The Kier molecular flexibility index (Phi) is 3.39. The van der Waals surface area contributed by atoms with Gasteiger partial charge in [0.15, 0.2) is 0 Å². The van der Waals surface area contributed by atoms with Gasteiger partial charge in [-0.25, -0.2) is 0 Å². The molecule has 6 heteroatoms. The molecule has 0 spiro atoms. The van der Waals surface area contributed by atoms with Crippen LogP contribution < -0.4 is 4.90 Å². The first-order chi connectivity index (χ1) is 10.4. The van der Waals surface area contributed by atoms with Crippen molar-refractivity contribution in [3.63, 3.8) is 0 Å². The Bertz CT molecular complexity index is 633. The van der Waals surface area contributed by atoms with Crippen molar-refractivity contribution in [1.82, 2.24) is 4.90 Å². The van der Waals surface area contributed by atoms with E-state index in [9.17, 15) is 14.4 Å². The summed E-state index contributed by atoms with van der Waals surface area (Å²) in [5.41, 5.74) is 1.50. The van der Waals surface area contributed by atoms with Gasteiger partial charge in [0.05, 0.1) is 19.5 Å². The van der Waals surface area contributed by atoms with Crippen LogP contribution in [0.2, 0.25) is 0 Å². The van der Waals surface area contributed by atoms with Gasteiger partial charge in [-0.3, -0.25) is 19.3 Å². The second kappa shape index (κ2) is 5.12. The van der Waals surface area contributed by atoms with Crippen LogP contribution in [0.4, 0.5) is 5.69 Å². The molecule has 1 aliphatic heterocycles. The molecule has 0 unspecified atom stereocenters. The molecule has 2 amide bonds. The van der Waals surface area contributed by atoms with Crippen LogP contribution in [0.1, 0.15) is 24.8 Å². The lowest BCUT2D eigenvalue weighted by atomic mass is 9.92. The highest BCUT2D eigenvalue weighted by Gasteiger charge is 2.46. The van der Waals surface area contributed by atoms with Gasteiger partial charge in [0, 0.05) is 18.2 Å². The first kappa shape index (κ1) is 14.6. The molecule has 1 aromatic carbocycles. The number of piperazine rings is 1.